The van der Waals surface area contributed by atoms with E-state index in [1.165, 1.54) is 0 Å². The Morgan fingerprint density at radius 2 is 2.33 bits per heavy atom. The number of fused-ring (bicyclic) bond motifs is 1. The maximum atomic E-state index is 4.35. The van der Waals surface area contributed by atoms with Crippen LogP contribution in [0.4, 0.5) is 5.95 Å². The quantitative estimate of drug-likeness (QED) is 0.774. The van der Waals surface area contributed by atoms with Gasteiger partial charge in [-0.1, -0.05) is 18.2 Å². The fourth-order valence-electron chi connectivity index (χ4n) is 1.34. The van der Waals surface area contributed by atoms with Gasteiger partial charge in [-0.2, -0.15) is 4.98 Å². The van der Waals surface area contributed by atoms with Gasteiger partial charge < -0.3 is 5.32 Å². The number of rotatable bonds is 3. The van der Waals surface area contributed by atoms with Gasteiger partial charge >= 0.3 is 0 Å². The average Bonchev–Trinajstić information content (AvgIpc) is 2.59. The predicted octanol–water partition coefficient (Wildman–Crippen LogP) is 2.03. The van der Waals surface area contributed by atoms with Crippen LogP contribution >= 0.6 is 0 Å². The monoisotopic (exact) mass is 202 g/mol. The highest BCUT2D eigenvalue weighted by Crippen LogP contribution is 2.07. The molecule has 2 heterocycles. The zero-order valence-corrected chi connectivity index (χ0v) is 8.99. The summed E-state index contributed by atoms with van der Waals surface area (Å²) in [5, 5.41) is 7.46. The Hall–Kier alpha value is -1.84. The van der Waals surface area contributed by atoms with Crippen molar-refractivity contribution in [1.82, 2.24) is 14.6 Å². The van der Waals surface area contributed by atoms with Crippen LogP contribution in [0, 0.1) is 6.92 Å². The summed E-state index contributed by atoms with van der Waals surface area (Å²) in [5.74, 6) is 0.646. The Morgan fingerprint density at radius 1 is 1.53 bits per heavy atom. The van der Waals surface area contributed by atoms with Gasteiger partial charge in [0.2, 0.25) is 5.95 Å². The van der Waals surface area contributed by atoms with Gasteiger partial charge in [0, 0.05) is 12.2 Å². The van der Waals surface area contributed by atoms with Crippen molar-refractivity contribution < 1.29 is 0 Å². The highest BCUT2D eigenvalue weighted by Gasteiger charge is 2.03. The molecule has 2 aromatic rings. The molecular weight excluding hydrogens is 188 g/mol. The third-order valence-corrected chi connectivity index (χ3v) is 2.10. The average molecular weight is 202 g/mol. The Balaban J connectivity index is 2.31. The largest absolute Gasteiger partial charge is 0.349 e. The second kappa shape index (κ2) is 3.73. The number of anilines is 1. The van der Waals surface area contributed by atoms with Gasteiger partial charge in [0.25, 0.3) is 0 Å². The zero-order chi connectivity index (χ0) is 10.8. The van der Waals surface area contributed by atoms with E-state index in [1.807, 2.05) is 36.6 Å². The number of hydrogen-bond acceptors (Lipinski definition) is 3. The molecule has 0 fully saturated rings. The van der Waals surface area contributed by atoms with Gasteiger partial charge in [0.1, 0.15) is 0 Å². The lowest BCUT2D eigenvalue weighted by atomic mass is 10.3. The molecule has 4 nitrogen and oxygen atoms in total. The fraction of sp³-hybridized carbons (Fsp3) is 0.273. The van der Waals surface area contributed by atoms with Crippen molar-refractivity contribution in [2.45, 2.75) is 13.8 Å². The molecule has 78 valence electrons. The summed E-state index contributed by atoms with van der Waals surface area (Å²) in [6.45, 7) is 8.49. The molecule has 0 unspecified atom stereocenters. The molecule has 0 amide bonds. The predicted molar refractivity (Wildman–Crippen MR) is 61.0 cm³/mol. The topological polar surface area (TPSA) is 42.2 Å². The normalized spacial score (nSPS) is 10.5. The molecular formula is C11H14N4. The van der Waals surface area contributed by atoms with Gasteiger partial charge in [-0.15, -0.1) is 5.10 Å². The molecule has 4 heteroatoms. The van der Waals surface area contributed by atoms with E-state index in [4.69, 9.17) is 0 Å². The van der Waals surface area contributed by atoms with Crippen LogP contribution in [0.3, 0.4) is 0 Å². The van der Waals surface area contributed by atoms with E-state index in [9.17, 15) is 0 Å². The molecule has 0 spiro atoms. The summed E-state index contributed by atoms with van der Waals surface area (Å²) >= 11 is 0. The van der Waals surface area contributed by atoms with Crippen LogP contribution in [-0.4, -0.2) is 21.1 Å². The lowest BCUT2D eigenvalue weighted by Crippen LogP contribution is -2.03. The van der Waals surface area contributed by atoms with Crippen LogP contribution in [0.15, 0.2) is 30.4 Å². The molecule has 0 bridgehead atoms. The van der Waals surface area contributed by atoms with E-state index in [-0.39, 0.29) is 0 Å². The Kier molecular flexibility index (Phi) is 2.41. The van der Waals surface area contributed by atoms with Gasteiger partial charge in [-0.05, 0) is 26.0 Å². The summed E-state index contributed by atoms with van der Waals surface area (Å²) in [7, 11) is 0. The first-order valence-electron chi connectivity index (χ1n) is 4.87. The van der Waals surface area contributed by atoms with Crippen LogP contribution < -0.4 is 5.32 Å². The molecule has 0 aromatic carbocycles. The molecule has 0 saturated carbocycles. The van der Waals surface area contributed by atoms with Crippen molar-refractivity contribution in [3.05, 3.63) is 36.0 Å². The first-order valence-corrected chi connectivity index (χ1v) is 4.87. The number of pyridine rings is 1. The number of hydrogen-bond donors (Lipinski definition) is 1. The second-order valence-corrected chi connectivity index (χ2v) is 3.68. The molecule has 0 saturated heterocycles. The molecule has 15 heavy (non-hydrogen) atoms. The maximum Gasteiger partial charge on any atom is 0.243 e. The van der Waals surface area contributed by atoms with E-state index in [0.29, 0.717) is 12.5 Å². The minimum absolute atomic E-state index is 0.646. The lowest BCUT2D eigenvalue weighted by molar-refractivity contribution is 0.913. The number of aromatic nitrogens is 3. The highest BCUT2D eigenvalue weighted by molar-refractivity contribution is 5.44. The SMILES string of the molecule is C=C(C)CNc1nc2cccc(C)n2n1. The summed E-state index contributed by atoms with van der Waals surface area (Å²) in [4.78, 5) is 4.35. The van der Waals surface area contributed by atoms with Crippen LogP contribution in [0.25, 0.3) is 5.65 Å². The Labute approximate surface area is 88.6 Å². The number of nitrogens with one attached hydrogen (secondary N) is 1. The van der Waals surface area contributed by atoms with Crippen LogP contribution in [-0.2, 0) is 0 Å². The molecule has 0 aliphatic carbocycles. The number of aryl methyl sites for hydroxylation is 1. The molecule has 2 rings (SSSR count). The highest BCUT2D eigenvalue weighted by atomic mass is 15.3. The zero-order valence-electron chi connectivity index (χ0n) is 8.99. The number of nitrogens with zero attached hydrogens (tertiary/aromatic N) is 3. The Bertz CT molecular complexity index is 498. The van der Waals surface area contributed by atoms with Crippen molar-refractivity contribution in [3.8, 4) is 0 Å². The molecule has 0 atom stereocenters. The minimum Gasteiger partial charge on any atom is -0.349 e. The lowest BCUT2D eigenvalue weighted by Gasteiger charge is -1.98. The third kappa shape index (κ3) is 1.98. The summed E-state index contributed by atoms with van der Waals surface area (Å²) in [6, 6.07) is 5.91. The van der Waals surface area contributed by atoms with E-state index in [2.05, 4.69) is 22.0 Å². The van der Waals surface area contributed by atoms with E-state index < -0.39 is 0 Å². The van der Waals surface area contributed by atoms with E-state index >= 15 is 0 Å². The Morgan fingerprint density at radius 3 is 3.00 bits per heavy atom. The van der Waals surface area contributed by atoms with Crippen LogP contribution in [0.1, 0.15) is 12.6 Å². The molecule has 1 N–H and O–H groups in total. The van der Waals surface area contributed by atoms with Gasteiger partial charge in [0.05, 0.1) is 0 Å². The first-order chi connectivity index (χ1) is 7.16. The molecule has 2 aromatic heterocycles. The molecule has 0 aliphatic heterocycles. The van der Waals surface area contributed by atoms with Crippen molar-refractivity contribution >= 4 is 11.6 Å². The van der Waals surface area contributed by atoms with Crippen molar-refractivity contribution in [2.24, 2.45) is 0 Å². The minimum atomic E-state index is 0.646. The van der Waals surface area contributed by atoms with Crippen LogP contribution in [0.2, 0.25) is 0 Å². The third-order valence-electron chi connectivity index (χ3n) is 2.10. The van der Waals surface area contributed by atoms with E-state index in [0.717, 1.165) is 16.9 Å². The maximum absolute atomic E-state index is 4.35. The van der Waals surface area contributed by atoms with Crippen molar-refractivity contribution in [2.75, 3.05) is 11.9 Å². The van der Waals surface area contributed by atoms with Gasteiger partial charge in [-0.25, -0.2) is 4.52 Å². The summed E-state index contributed by atoms with van der Waals surface area (Å²) in [6.07, 6.45) is 0. The molecule has 0 aliphatic rings. The fourth-order valence-corrected chi connectivity index (χ4v) is 1.34. The standard InChI is InChI=1S/C11H14N4/c1-8(2)7-12-11-13-10-6-4-5-9(3)15(10)14-11/h4-6H,1,7H2,2-3H3,(H,12,14). The van der Waals surface area contributed by atoms with Gasteiger partial charge in [-0.3, -0.25) is 0 Å². The summed E-state index contributed by atoms with van der Waals surface area (Å²) in [5.41, 5.74) is 2.99. The second-order valence-electron chi connectivity index (χ2n) is 3.68. The van der Waals surface area contributed by atoms with E-state index in [1.54, 1.807) is 0 Å². The van der Waals surface area contributed by atoms with Crippen molar-refractivity contribution in [1.29, 1.82) is 0 Å². The smallest absolute Gasteiger partial charge is 0.243 e. The summed E-state index contributed by atoms with van der Waals surface area (Å²) < 4.78 is 1.82. The molecule has 0 radical (unpaired) electrons. The van der Waals surface area contributed by atoms with Gasteiger partial charge in [0.15, 0.2) is 5.65 Å². The van der Waals surface area contributed by atoms with Crippen molar-refractivity contribution in [3.63, 3.8) is 0 Å². The first kappa shape index (κ1) is 9.71. The van der Waals surface area contributed by atoms with Crippen LogP contribution in [0.5, 0.6) is 0 Å².